The molecule has 2 saturated heterocycles. The van der Waals surface area contributed by atoms with Gasteiger partial charge < -0.3 is 0 Å². The molecule has 0 radical (unpaired) electrons. The van der Waals surface area contributed by atoms with Crippen LogP contribution in [0.3, 0.4) is 0 Å². The van der Waals surface area contributed by atoms with Gasteiger partial charge in [-0.05, 0) is 19.8 Å². The van der Waals surface area contributed by atoms with E-state index in [1.165, 1.54) is 12.8 Å². The minimum Gasteiger partial charge on any atom is -0.298 e. The lowest BCUT2D eigenvalue weighted by Gasteiger charge is -2.54. The molecule has 0 spiro atoms. The number of likely N-dealkylation sites (tertiary alicyclic amines) is 1. The zero-order valence-corrected chi connectivity index (χ0v) is 12.2. The summed E-state index contributed by atoms with van der Waals surface area (Å²) in [7, 11) is 2.00. The average Bonchev–Trinajstić information content (AvgIpc) is 2.44. The highest BCUT2D eigenvalue weighted by Gasteiger charge is 2.58. The van der Waals surface area contributed by atoms with Crippen molar-refractivity contribution in [1.29, 1.82) is 5.26 Å². The van der Waals surface area contributed by atoms with Gasteiger partial charge in [0, 0.05) is 18.4 Å². The van der Waals surface area contributed by atoms with Crippen LogP contribution in [0.2, 0.25) is 0 Å². The molecule has 1 amide bonds. The van der Waals surface area contributed by atoms with Crippen molar-refractivity contribution in [3.8, 4) is 6.19 Å². The molecule has 6 nitrogen and oxygen atoms in total. The molecule has 7 atom stereocenters. The number of nitriles is 1. The molecule has 3 rings (SSSR count). The van der Waals surface area contributed by atoms with Crippen molar-refractivity contribution >= 4 is 5.91 Å². The summed E-state index contributed by atoms with van der Waals surface area (Å²) >= 11 is 0. The quantitative estimate of drug-likeness (QED) is 0.475. The molecule has 0 aromatic rings. The zero-order valence-electron chi connectivity index (χ0n) is 12.2. The van der Waals surface area contributed by atoms with E-state index in [4.69, 9.17) is 5.73 Å². The van der Waals surface area contributed by atoms with Crippen LogP contribution in [0.1, 0.15) is 32.6 Å². The number of carbonyl (C=O) groups excluding carboxylic acids is 1. The van der Waals surface area contributed by atoms with Gasteiger partial charge in [0.25, 0.3) is 0 Å². The van der Waals surface area contributed by atoms with Crippen molar-refractivity contribution in [3.05, 3.63) is 0 Å². The SMILES string of the molecule is CC1NC(N)N(C#N)C2C3CCCCC3[NH+](C)C(=O)C12. The largest absolute Gasteiger partial charge is 0.318 e. The van der Waals surface area contributed by atoms with Crippen molar-refractivity contribution in [2.24, 2.45) is 17.6 Å². The number of hydrogen-bond donors (Lipinski definition) is 3. The number of fused-ring (bicyclic) bond motifs is 3. The highest BCUT2D eigenvalue weighted by Crippen LogP contribution is 2.37. The van der Waals surface area contributed by atoms with Crippen LogP contribution < -0.4 is 16.0 Å². The molecule has 3 fully saturated rings. The molecule has 0 aromatic heterocycles. The van der Waals surface area contributed by atoms with Gasteiger partial charge in [0.05, 0.1) is 19.1 Å². The highest BCUT2D eigenvalue weighted by molar-refractivity contribution is 5.73. The van der Waals surface area contributed by atoms with E-state index < -0.39 is 6.29 Å². The van der Waals surface area contributed by atoms with Crippen molar-refractivity contribution in [2.45, 2.75) is 57.0 Å². The minimum absolute atomic E-state index is 0.0206. The number of piperidine rings is 1. The first-order chi connectivity index (χ1) is 9.56. The van der Waals surface area contributed by atoms with Gasteiger partial charge in [-0.25, -0.2) is 4.79 Å². The number of hydrogen-bond acceptors (Lipinski definition) is 5. The van der Waals surface area contributed by atoms with Crippen molar-refractivity contribution in [3.63, 3.8) is 0 Å². The van der Waals surface area contributed by atoms with Gasteiger partial charge in [-0.2, -0.15) is 5.26 Å². The predicted molar refractivity (Wildman–Crippen MR) is 72.9 cm³/mol. The Hall–Kier alpha value is -1.16. The van der Waals surface area contributed by atoms with Gasteiger partial charge in [0.15, 0.2) is 6.19 Å². The summed E-state index contributed by atoms with van der Waals surface area (Å²) in [5.74, 6) is 0.515. The number of nitrogens with zero attached hydrogens (tertiary/aromatic N) is 2. The third-order valence-electron chi connectivity index (χ3n) is 5.58. The van der Waals surface area contributed by atoms with Crippen molar-refractivity contribution in [2.75, 3.05) is 7.05 Å². The molecule has 3 aliphatic rings. The summed E-state index contributed by atoms with van der Waals surface area (Å²) in [4.78, 5) is 15.4. The van der Waals surface area contributed by atoms with Crippen molar-refractivity contribution < 1.29 is 9.69 Å². The monoisotopic (exact) mass is 278 g/mol. The summed E-state index contributed by atoms with van der Waals surface area (Å²) < 4.78 is 0. The van der Waals surface area contributed by atoms with Crippen molar-refractivity contribution in [1.82, 2.24) is 10.2 Å². The van der Waals surface area contributed by atoms with Crippen LogP contribution in [-0.4, -0.2) is 42.3 Å². The standard InChI is InChI=1S/C14H23N5O/c1-8-11-12(19(7-15)14(16)17-8)9-5-3-4-6-10(9)18(2)13(11)20/h8-12,14,17H,3-6,16H2,1-2H3/p+1. The lowest BCUT2D eigenvalue weighted by molar-refractivity contribution is -0.842. The fraction of sp³-hybridized carbons (Fsp3) is 0.857. The zero-order chi connectivity index (χ0) is 14.4. The normalized spacial score (nSPS) is 48.2. The number of nitrogens with two attached hydrogens (primary N) is 1. The van der Waals surface area contributed by atoms with Gasteiger partial charge in [-0.1, -0.05) is 6.42 Å². The first kappa shape index (κ1) is 13.8. The Morgan fingerprint density at radius 2 is 2.15 bits per heavy atom. The van der Waals surface area contributed by atoms with E-state index in [1.807, 2.05) is 14.0 Å². The third kappa shape index (κ3) is 1.85. The summed E-state index contributed by atoms with van der Waals surface area (Å²) in [6, 6.07) is 0.364. The topological polar surface area (TPSA) is 86.6 Å². The molecule has 6 heteroatoms. The van der Waals surface area contributed by atoms with Crippen LogP contribution in [0, 0.1) is 23.3 Å². The van der Waals surface area contributed by atoms with Crippen LogP contribution in [0.5, 0.6) is 0 Å². The number of rotatable bonds is 0. The van der Waals surface area contributed by atoms with Gasteiger partial charge in [-0.3, -0.25) is 20.9 Å². The molecule has 4 N–H and O–H groups in total. The second-order valence-corrected chi connectivity index (χ2v) is 6.53. The Morgan fingerprint density at radius 1 is 1.45 bits per heavy atom. The van der Waals surface area contributed by atoms with E-state index in [-0.39, 0.29) is 23.9 Å². The second kappa shape index (κ2) is 4.99. The van der Waals surface area contributed by atoms with Gasteiger partial charge in [0.2, 0.25) is 0 Å². The lowest BCUT2D eigenvalue weighted by Crippen LogP contribution is -3.20. The molecule has 0 aromatic carbocycles. The Morgan fingerprint density at radius 3 is 2.85 bits per heavy atom. The van der Waals surface area contributed by atoms with Crippen LogP contribution in [0.4, 0.5) is 0 Å². The van der Waals surface area contributed by atoms with Crippen LogP contribution >= 0.6 is 0 Å². The Kier molecular flexibility index (Phi) is 3.44. The summed E-state index contributed by atoms with van der Waals surface area (Å²) in [5, 5.41) is 12.6. The molecular formula is C14H24N5O+. The van der Waals surface area contributed by atoms with Crippen LogP contribution in [0.25, 0.3) is 0 Å². The van der Waals surface area contributed by atoms with E-state index in [0.717, 1.165) is 17.7 Å². The second-order valence-electron chi connectivity index (χ2n) is 6.53. The molecular weight excluding hydrogens is 254 g/mol. The first-order valence-corrected chi connectivity index (χ1v) is 7.63. The van der Waals surface area contributed by atoms with E-state index in [1.54, 1.807) is 4.90 Å². The maximum Gasteiger partial charge on any atom is 0.318 e. The number of carbonyl (C=O) groups is 1. The molecule has 0 bridgehead atoms. The lowest BCUT2D eigenvalue weighted by atomic mass is 9.68. The molecule has 1 saturated carbocycles. The fourth-order valence-electron chi connectivity index (χ4n) is 4.64. The average molecular weight is 278 g/mol. The van der Waals surface area contributed by atoms with E-state index in [0.29, 0.717) is 12.0 Å². The molecule has 1 aliphatic carbocycles. The molecule has 2 aliphatic heterocycles. The van der Waals surface area contributed by atoms with E-state index >= 15 is 0 Å². The first-order valence-electron chi connectivity index (χ1n) is 7.63. The Balaban J connectivity index is 2.00. The Labute approximate surface area is 119 Å². The minimum atomic E-state index is -0.468. The summed E-state index contributed by atoms with van der Waals surface area (Å²) in [5.41, 5.74) is 6.06. The number of nitrogens with one attached hydrogen (secondary N) is 2. The summed E-state index contributed by atoms with van der Waals surface area (Å²) in [6.45, 7) is 2.01. The van der Waals surface area contributed by atoms with Gasteiger partial charge in [0.1, 0.15) is 12.2 Å². The van der Waals surface area contributed by atoms with Crippen LogP contribution in [-0.2, 0) is 4.79 Å². The van der Waals surface area contributed by atoms with E-state index in [9.17, 15) is 10.1 Å². The molecule has 20 heavy (non-hydrogen) atoms. The smallest absolute Gasteiger partial charge is 0.298 e. The maximum absolute atomic E-state index is 12.7. The molecule has 110 valence electrons. The fourth-order valence-corrected chi connectivity index (χ4v) is 4.64. The molecule has 7 unspecified atom stereocenters. The van der Waals surface area contributed by atoms with Gasteiger partial charge in [-0.15, -0.1) is 0 Å². The van der Waals surface area contributed by atoms with Gasteiger partial charge >= 0.3 is 5.91 Å². The molecule has 2 heterocycles. The van der Waals surface area contributed by atoms with Crippen LogP contribution in [0.15, 0.2) is 0 Å². The number of amides is 1. The maximum atomic E-state index is 12.7. The van der Waals surface area contributed by atoms with E-state index in [2.05, 4.69) is 11.5 Å². The third-order valence-corrected chi connectivity index (χ3v) is 5.58. The number of quaternary nitrogens is 1. The highest BCUT2D eigenvalue weighted by atomic mass is 16.2. The summed E-state index contributed by atoms with van der Waals surface area (Å²) in [6.07, 6.45) is 6.34. The Bertz CT molecular complexity index is 447. The predicted octanol–water partition coefficient (Wildman–Crippen LogP) is -1.40.